The number of alkyl halides is 3. The molecule has 0 saturated heterocycles. The molecule has 94 valence electrons. The molecule has 0 nitrogen and oxygen atoms in total. The monoisotopic (exact) mass is 250 g/mol. The first-order chi connectivity index (χ1) is 7.59. The van der Waals surface area contributed by atoms with Gasteiger partial charge in [0, 0.05) is 5.56 Å². The summed E-state index contributed by atoms with van der Waals surface area (Å²) >= 11 is 0. The van der Waals surface area contributed by atoms with Crippen LogP contribution in [0.25, 0.3) is 5.57 Å². The van der Waals surface area contributed by atoms with E-state index in [4.69, 9.17) is 0 Å². The van der Waals surface area contributed by atoms with Gasteiger partial charge >= 0.3 is 6.18 Å². The summed E-state index contributed by atoms with van der Waals surface area (Å²) < 4.78 is 65.2. The SMILES string of the molecule is C=C(C)c1c(C)c(F)c(F)c(C)c1C(F)(F)F. The van der Waals surface area contributed by atoms with E-state index in [0.29, 0.717) is 0 Å². The Bertz CT molecular complexity index is 483. The third-order valence-electron chi connectivity index (χ3n) is 2.56. The van der Waals surface area contributed by atoms with Gasteiger partial charge in [-0.3, -0.25) is 0 Å². The second-order valence-electron chi connectivity index (χ2n) is 3.91. The molecule has 0 radical (unpaired) electrons. The summed E-state index contributed by atoms with van der Waals surface area (Å²) in [7, 11) is 0. The lowest BCUT2D eigenvalue weighted by atomic mass is 9.91. The minimum atomic E-state index is -4.74. The molecule has 0 bridgehead atoms. The van der Waals surface area contributed by atoms with Crippen LogP contribution in [0.2, 0.25) is 0 Å². The molecule has 0 heterocycles. The Labute approximate surface area is 95.8 Å². The van der Waals surface area contributed by atoms with Crippen molar-refractivity contribution in [3.05, 3.63) is 40.5 Å². The molecular formula is C12H11F5. The van der Waals surface area contributed by atoms with E-state index in [1.165, 1.54) is 6.92 Å². The van der Waals surface area contributed by atoms with Gasteiger partial charge in [0.15, 0.2) is 11.6 Å². The molecule has 0 fully saturated rings. The molecule has 1 aromatic carbocycles. The number of benzene rings is 1. The van der Waals surface area contributed by atoms with Crippen LogP contribution in [0.1, 0.15) is 29.2 Å². The fourth-order valence-corrected chi connectivity index (χ4v) is 1.81. The lowest BCUT2D eigenvalue weighted by molar-refractivity contribution is -0.138. The molecule has 1 aromatic rings. The fraction of sp³-hybridized carbons (Fsp3) is 0.333. The van der Waals surface area contributed by atoms with Crippen molar-refractivity contribution in [2.75, 3.05) is 0 Å². The standard InChI is InChI=1S/C12H11F5/c1-5(2)8-6(3)10(13)11(14)7(4)9(8)12(15,16)17/h1H2,2-4H3. The van der Waals surface area contributed by atoms with E-state index in [9.17, 15) is 22.0 Å². The van der Waals surface area contributed by atoms with Crippen molar-refractivity contribution in [2.24, 2.45) is 0 Å². The van der Waals surface area contributed by atoms with Crippen molar-refractivity contribution in [1.29, 1.82) is 0 Å². The Morgan fingerprint density at radius 2 is 1.41 bits per heavy atom. The van der Waals surface area contributed by atoms with Gasteiger partial charge in [0.2, 0.25) is 0 Å². The molecule has 0 aromatic heterocycles. The Kier molecular flexibility index (Phi) is 3.32. The Morgan fingerprint density at radius 3 is 1.76 bits per heavy atom. The topological polar surface area (TPSA) is 0 Å². The second-order valence-corrected chi connectivity index (χ2v) is 3.91. The Morgan fingerprint density at radius 1 is 1.00 bits per heavy atom. The van der Waals surface area contributed by atoms with Gasteiger partial charge in [0.25, 0.3) is 0 Å². The molecule has 0 spiro atoms. The molecule has 1 rings (SSSR count). The van der Waals surface area contributed by atoms with E-state index in [0.717, 1.165) is 13.8 Å². The van der Waals surface area contributed by atoms with E-state index in [1.54, 1.807) is 0 Å². The highest BCUT2D eigenvalue weighted by Crippen LogP contribution is 2.40. The van der Waals surface area contributed by atoms with Gasteiger partial charge in [-0.2, -0.15) is 13.2 Å². The van der Waals surface area contributed by atoms with E-state index >= 15 is 0 Å². The van der Waals surface area contributed by atoms with Gasteiger partial charge in [0.05, 0.1) is 5.56 Å². The maximum absolute atomic E-state index is 13.4. The molecule has 0 aliphatic heterocycles. The van der Waals surface area contributed by atoms with Crippen molar-refractivity contribution in [2.45, 2.75) is 26.9 Å². The van der Waals surface area contributed by atoms with Crippen LogP contribution in [0.4, 0.5) is 22.0 Å². The summed E-state index contributed by atoms with van der Waals surface area (Å²) in [6.07, 6.45) is -4.74. The first kappa shape index (κ1) is 13.7. The molecule has 0 amide bonds. The second kappa shape index (κ2) is 4.13. The van der Waals surface area contributed by atoms with Crippen molar-refractivity contribution in [1.82, 2.24) is 0 Å². The number of hydrogen-bond acceptors (Lipinski definition) is 0. The van der Waals surface area contributed by atoms with Gasteiger partial charge in [0.1, 0.15) is 0 Å². The minimum absolute atomic E-state index is 0.0526. The van der Waals surface area contributed by atoms with Gasteiger partial charge in [-0.1, -0.05) is 12.2 Å². The highest BCUT2D eigenvalue weighted by molar-refractivity contribution is 5.69. The maximum atomic E-state index is 13.4. The van der Waals surface area contributed by atoms with Crippen LogP contribution in [-0.4, -0.2) is 0 Å². The molecule has 0 aliphatic carbocycles. The third kappa shape index (κ3) is 2.18. The zero-order chi connectivity index (χ0) is 13.5. The lowest BCUT2D eigenvalue weighted by Crippen LogP contribution is -2.15. The predicted octanol–water partition coefficient (Wildman–Crippen LogP) is 4.63. The lowest BCUT2D eigenvalue weighted by Gasteiger charge is -2.19. The molecule has 0 N–H and O–H groups in total. The van der Waals surface area contributed by atoms with Crippen molar-refractivity contribution in [3.63, 3.8) is 0 Å². The predicted molar refractivity (Wildman–Crippen MR) is 55.5 cm³/mol. The van der Waals surface area contributed by atoms with Crippen LogP contribution in [0.5, 0.6) is 0 Å². The van der Waals surface area contributed by atoms with Crippen LogP contribution < -0.4 is 0 Å². The van der Waals surface area contributed by atoms with E-state index in [1.807, 2.05) is 0 Å². The highest BCUT2D eigenvalue weighted by atomic mass is 19.4. The Balaban J connectivity index is 3.86. The molecule has 0 unspecified atom stereocenters. The number of hydrogen-bond donors (Lipinski definition) is 0. The zero-order valence-corrected chi connectivity index (χ0v) is 9.60. The average Bonchev–Trinajstić information content (AvgIpc) is 2.17. The van der Waals surface area contributed by atoms with Crippen LogP contribution in [-0.2, 0) is 6.18 Å². The van der Waals surface area contributed by atoms with Gasteiger partial charge in [-0.25, -0.2) is 8.78 Å². The average molecular weight is 250 g/mol. The van der Waals surface area contributed by atoms with Crippen LogP contribution >= 0.6 is 0 Å². The normalized spacial score (nSPS) is 11.8. The number of halogens is 5. The number of allylic oxidation sites excluding steroid dienone is 1. The molecule has 0 atom stereocenters. The van der Waals surface area contributed by atoms with Gasteiger partial charge in [-0.15, -0.1) is 0 Å². The Hall–Kier alpha value is -1.39. The van der Waals surface area contributed by atoms with E-state index in [-0.39, 0.29) is 16.7 Å². The minimum Gasteiger partial charge on any atom is -0.203 e. The molecule has 5 heteroatoms. The van der Waals surface area contributed by atoms with Crippen molar-refractivity contribution in [3.8, 4) is 0 Å². The summed E-state index contributed by atoms with van der Waals surface area (Å²) in [6.45, 7) is 6.73. The first-order valence-corrected chi connectivity index (χ1v) is 4.80. The molecule has 17 heavy (non-hydrogen) atoms. The van der Waals surface area contributed by atoms with Crippen LogP contribution in [0.3, 0.4) is 0 Å². The van der Waals surface area contributed by atoms with Crippen molar-refractivity contribution < 1.29 is 22.0 Å². The van der Waals surface area contributed by atoms with E-state index in [2.05, 4.69) is 6.58 Å². The molecule has 0 saturated carbocycles. The summed E-state index contributed by atoms with van der Waals surface area (Å²) in [4.78, 5) is 0. The summed E-state index contributed by atoms with van der Waals surface area (Å²) in [5.41, 5.74) is -2.57. The zero-order valence-electron chi connectivity index (χ0n) is 9.60. The van der Waals surface area contributed by atoms with Crippen molar-refractivity contribution >= 4 is 5.57 Å². The largest absolute Gasteiger partial charge is 0.417 e. The van der Waals surface area contributed by atoms with E-state index < -0.39 is 28.9 Å². The van der Waals surface area contributed by atoms with Crippen LogP contribution in [0, 0.1) is 25.5 Å². The summed E-state index contributed by atoms with van der Waals surface area (Å²) in [5, 5.41) is 0. The fourth-order valence-electron chi connectivity index (χ4n) is 1.81. The quantitative estimate of drug-likeness (QED) is 0.637. The first-order valence-electron chi connectivity index (χ1n) is 4.80. The molecule has 0 aliphatic rings. The highest BCUT2D eigenvalue weighted by Gasteiger charge is 2.38. The summed E-state index contributed by atoms with van der Waals surface area (Å²) in [5.74, 6) is -2.71. The summed E-state index contributed by atoms with van der Waals surface area (Å²) in [6, 6.07) is 0. The third-order valence-corrected chi connectivity index (χ3v) is 2.56. The molecular weight excluding hydrogens is 239 g/mol. The maximum Gasteiger partial charge on any atom is 0.417 e. The van der Waals surface area contributed by atoms with Crippen LogP contribution in [0.15, 0.2) is 6.58 Å². The smallest absolute Gasteiger partial charge is 0.203 e. The van der Waals surface area contributed by atoms with Gasteiger partial charge in [-0.05, 0) is 31.9 Å². The number of rotatable bonds is 1. The van der Waals surface area contributed by atoms with Gasteiger partial charge < -0.3 is 0 Å².